The van der Waals surface area contributed by atoms with Gasteiger partial charge in [0.1, 0.15) is 0 Å². The van der Waals surface area contributed by atoms with Gasteiger partial charge in [0.25, 0.3) is 5.91 Å². The first-order valence-electron chi connectivity index (χ1n) is 8.90. The highest BCUT2D eigenvalue weighted by molar-refractivity contribution is 6.09. The smallest absolute Gasteiger partial charge is 0.255 e. The number of hydrogen-bond donors (Lipinski definition) is 1. The molecule has 2 N–H and O–H groups in total. The summed E-state index contributed by atoms with van der Waals surface area (Å²) in [5.41, 5.74) is 10.1. The van der Waals surface area contributed by atoms with Crippen molar-refractivity contribution in [3.05, 3.63) is 71.3 Å². The number of aryl methyl sites for hydroxylation is 3. The molecule has 2 amide bonds. The fourth-order valence-electron chi connectivity index (χ4n) is 2.73. The van der Waals surface area contributed by atoms with Crippen LogP contribution in [-0.4, -0.2) is 11.8 Å². The van der Waals surface area contributed by atoms with E-state index in [0.29, 0.717) is 0 Å². The van der Waals surface area contributed by atoms with Gasteiger partial charge in [-0.25, -0.2) is 0 Å². The number of nitrogens with two attached hydrogens (primary N) is 1. The van der Waals surface area contributed by atoms with Gasteiger partial charge in [0.2, 0.25) is 5.91 Å². The maximum atomic E-state index is 12.8. The summed E-state index contributed by atoms with van der Waals surface area (Å²) in [6.07, 6.45) is 5.50. The van der Waals surface area contributed by atoms with Crippen molar-refractivity contribution in [2.75, 3.05) is 4.90 Å². The van der Waals surface area contributed by atoms with Gasteiger partial charge in [0.05, 0.1) is 0 Å². The molecule has 2 rings (SSSR count). The molecule has 0 bridgehead atoms. The number of benzene rings is 2. The Morgan fingerprint density at radius 1 is 1.00 bits per heavy atom. The van der Waals surface area contributed by atoms with Crippen LogP contribution in [0.5, 0.6) is 0 Å². The highest BCUT2D eigenvalue weighted by atomic mass is 16.2. The summed E-state index contributed by atoms with van der Waals surface area (Å²) < 4.78 is 0. The molecule has 26 heavy (non-hydrogen) atoms. The molecule has 0 atom stereocenters. The van der Waals surface area contributed by atoms with Gasteiger partial charge < -0.3 is 5.73 Å². The lowest BCUT2D eigenvalue weighted by atomic mass is 10.1. The van der Waals surface area contributed by atoms with Crippen LogP contribution in [-0.2, 0) is 16.0 Å². The molecule has 0 fully saturated rings. The van der Waals surface area contributed by atoms with Crippen LogP contribution in [0.25, 0.3) is 0 Å². The predicted molar refractivity (Wildman–Crippen MR) is 106 cm³/mol. The van der Waals surface area contributed by atoms with Crippen LogP contribution in [0.2, 0.25) is 0 Å². The van der Waals surface area contributed by atoms with Crippen LogP contribution < -0.4 is 10.6 Å². The third kappa shape index (κ3) is 5.06. The molecular formula is C22H26N2O2. The maximum absolute atomic E-state index is 12.8. The Balaban J connectivity index is 2.47. The van der Waals surface area contributed by atoms with E-state index in [1.165, 1.54) is 11.6 Å². The molecule has 0 heterocycles. The van der Waals surface area contributed by atoms with Crippen molar-refractivity contribution in [1.29, 1.82) is 0 Å². The minimum atomic E-state index is -0.643. The second-order valence-electron chi connectivity index (χ2n) is 6.45. The number of primary amides is 1. The van der Waals surface area contributed by atoms with Gasteiger partial charge in [-0.2, -0.15) is 0 Å². The molecule has 136 valence electrons. The molecule has 0 radical (unpaired) electrons. The van der Waals surface area contributed by atoms with Gasteiger partial charge in [-0.05, 0) is 67.6 Å². The van der Waals surface area contributed by atoms with Crippen LogP contribution in [0.3, 0.4) is 0 Å². The molecule has 4 nitrogen and oxygen atoms in total. The number of hydrogen-bond acceptors (Lipinski definition) is 2. The fourth-order valence-corrected chi connectivity index (χ4v) is 2.73. The Morgan fingerprint density at radius 3 is 2.38 bits per heavy atom. The Labute approximate surface area is 155 Å². The zero-order valence-electron chi connectivity index (χ0n) is 15.7. The van der Waals surface area contributed by atoms with Gasteiger partial charge >= 0.3 is 0 Å². The van der Waals surface area contributed by atoms with Crippen molar-refractivity contribution in [2.24, 2.45) is 5.73 Å². The molecule has 0 aliphatic heterocycles. The second kappa shape index (κ2) is 8.99. The topological polar surface area (TPSA) is 63.4 Å². The van der Waals surface area contributed by atoms with E-state index in [-0.39, 0.29) is 5.91 Å². The molecule has 0 aliphatic carbocycles. The zero-order chi connectivity index (χ0) is 19.1. The van der Waals surface area contributed by atoms with Gasteiger partial charge in [0.15, 0.2) is 0 Å². The van der Waals surface area contributed by atoms with Crippen molar-refractivity contribution in [3.63, 3.8) is 0 Å². The number of nitrogens with zero attached hydrogens (tertiary/aromatic N) is 1. The Bertz CT molecular complexity index is 825. The largest absolute Gasteiger partial charge is 0.366 e. The first-order chi connectivity index (χ1) is 12.4. The van der Waals surface area contributed by atoms with Crippen molar-refractivity contribution in [2.45, 2.75) is 40.0 Å². The van der Waals surface area contributed by atoms with Gasteiger partial charge in [-0.3, -0.25) is 14.5 Å². The standard InChI is InChI=1S/C22H26N2O2/c1-4-5-7-18-8-6-9-19(15-18)24(22(26)13-12-21(23)25)20-11-10-16(2)17(3)14-20/h6,8-15H,4-5,7H2,1-3H3,(H2,23,25). The molecule has 2 aromatic carbocycles. The summed E-state index contributed by atoms with van der Waals surface area (Å²) in [5.74, 6) is -0.949. The monoisotopic (exact) mass is 350 g/mol. The van der Waals surface area contributed by atoms with E-state index < -0.39 is 5.91 Å². The van der Waals surface area contributed by atoms with Crippen molar-refractivity contribution in [1.82, 2.24) is 0 Å². The first kappa shape index (κ1) is 19.4. The average Bonchev–Trinajstić information content (AvgIpc) is 2.62. The quantitative estimate of drug-likeness (QED) is 0.755. The maximum Gasteiger partial charge on any atom is 0.255 e. The third-order valence-corrected chi connectivity index (χ3v) is 4.35. The second-order valence-corrected chi connectivity index (χ2v) is 6.45. The van der Waals surface area contributed by atoms with E-state index in [1.54, 1.807) is 4.90 Å². The van der Waals surface area contributed by atoms with Gasteiger partial charge in [-0.15, -0.1) is 0 Å². The normalized spacial score (nSPS) is 10.9. The number of unbranched alkanes of at least 4 members (excludes halogenated alkanes) is 1. The molecule has 0 unspecified atom stereocenters. The summed E-state index contributed by atoms with van der Waals surface area (Å²) in [4.78, 5) is 25.4. The van der Waals surface area contributed by atoms with Crippen LogP contribution in [0, 0.1) is 13.8 Å². The van der Waals surface area contributed by atoms with E-state index in [0.717, 1.165) is 47.8 Å². The van der Waals surface area contributed by atoms with Crippen LogP contribution in [0.1, 0.15) is 36.5 Å². The molecule has 2 aromatic rings. The summed E-state index contributed by atoms with van der Waals surface area (Å²) in [5, 5.41) is 0. The summed E-state index contributed by atoms with van der Waals surface area (Å²) in [6.45, 7) is 6.20. The lowest BCUT2D eigenvalue weighted by molar-refractivity contribution is -0.115. The lowest BCUT2D eigenvalue weighted by Gasteiger charge is -2.23. The van der Waals surface area contributed by atoms with Gasteiger partial charge in [-0.1, -0.05) is 31.5 Å². The van der Waals surface area contributed by atoms with E-state index in [2.05, 4.69) is 13.0 Å². The predicted octanol–water partition coefficient (Wildman–Crippen LogP) is 4.35. The van der Waals surface area contributed by atoms with E-state index in [4.69, 9.17) is 5.73 Å². The average molecular weight is 350 g/mol. The van der Waals surface area contributed by atoms with E-state index >= 15 is 0 Å². The van der Waals surface area contributed by atoms with Crippen LogP contribution >= 0.6 is 0 Å². The fraction of sp³-hybridized carbons (Fsp3) is 0.273. The van der Waals surface area contributed by atoms with E-state index in [9.17, 15) is 9.59 Å². The molecule has 0 saturated carbocycles. The van der Waals surface area contributed by atoms with Crippen molar-refractivity contribution in [3.8, 4) is 0 Å². The number of rotatable bonds is 7. The Hall–Kier alpha value is -2.88. The number of carbonyl (C=O) groups excluding carboxylic acids is 2. The highest BCUT2D eigenvalue weighted by Crippen LogP contribution is 2.29. The number of carbonyl (C=O) groups is 2. The van der Waals surface area contributed by atoms with Gasteiger partial charge in [0, 0.05) is 23.5 Å². The lowest BCUT2D eigenvalue weighted by Crippen LogP contribution is -2.24. The van der Waals surface area contributed by atoms with Crippen LogP contribution in [0.4, 0.5) is 11.4 Å². The zero-order valence-corrected chi connectivity index (χ0v) is 15.7. The summed E-state index contributed by atoms with van der Waals surface area (Å²) in [6, 6.07) is 13.8. The molecular weight excluding hydrogens is 324 g/mol. The summed E-state index contributed by atoms with van der Waals surface area (Å²) >= 11 is 0. The van der Waals surface area contributed by atoms with Crippen molar-refractivity contribution >= 4 is 23.2 Å². The van der Waals surface area contributed by atoms with E-state index in [1.807, 2.05) is 50.2 Å². The molecule has 0 aromatic heterocycles. The summed E-state index contributed by atoms with van der Waals surface area (Å²) in [7, 11) is 0. The van der Waals surface area contributed by atoms with Crippen LogP contribution in [0.15, 0.2) is 54.6 Å². The molecule has 0 saturated heterocycles. The van der Waals surface area contributed by atoms with Crippen molar-refractivity contribution < 1.29 is 9.59 Å². The SMILES string of the molecule is CCCCc1cccc(N(C(=O)C=CC(N)=O)c2ccc(C)c(C)c2)c1. The number of anilines is 2. The molecule has 0 spiro atoms. The minimum Gasteiger partial charge on any atom is -0.366 e. The third-order valence-electron chi connectivity index (χ3n) is 4.35. The molecule has 0 aliphatic rings. The number of amides is 2. The minimum absolute atomic E-state index is 0.306. The first-order valence-corrected chi connectivity index (χ1v) is 8.90. The highest BCUT2D eigenvalue weighted by Gasteiger charge is 2.17. The Kier molecular flexibility index (Phi) is 6.73. The Morgan fingerprint density at radius 2 is 1.73 bits per heavy atom. The molecule has 4 heteroatoms.